The maximum Gasteiger partial charge on any atom is 0.284 e. The lowest BCUT2D eigenvalue weighted by Crippen LogP contribution is -2.33. The summed E-state index contributed by atoms with van der Waals surface area (Å²) in [5.41, 5.74) is 2.57. The van der Waals surface area contributed by atoms with Crippen molar-refractivity contribution in [2.24, 2.45) is 0 Å². The van der Waals surface area contributed by atoms with Crippen molar-refractivity contribution in [3.63, 3.8) is 0 Å². The van der Waals surface area contributed by atoms with Gasteiger partial charge < -0.3 is 8.98 Å². The molecule has 0 saturated carbocycles. The fourth-order valence-corrected chi connectivity index (χ4v) is 5.06. The summed E-state index contributed by atoms with van der Waals surface area (Å²) in [5, 5.41) is 7.37. The highest BCUT2D eigenvalue weighted by Crippen LogP contribution is 2.27. The minimum Gasteiger partial charge on any atom is -0.409 e. The fraction of sp³-hybridized carbons (Fsp3) is 0.435. The van der Waals surface area contributed by atoms with Crippen LogP contribution in [0.15, 0.2) is 39.5 Å². The smallest absolute Gasteiger partial charge is 0.284 e. The van der Waals surface area contributed by atoms with Crippen LogP contribution >= 0.6 is 35.4 Å². The van der Waals surface area contributed by atoms with Gasteiger partial charge >= 0.3 is 0 Å². The number of halogens is 2. The number of rotatable bonds is 8. The van der Waals surface area contributed by atoms with Crippen molar-refractivity contribution in [2.75, 3.05) is 6.54 Å². The van der Waals surface area contributed by atoms with Crippen LogP contribution in [-0.2, 0) is 19.5 Å². The topological polar surface area (TPSA) is 67.1 Å². The Balaban J connectivity index is 1.54. The van der Waals surface area contributed by atoms with Gasteiger partial charge in [-0.3, -0.25) is 9.69 Å². The van der Waals surface area contributed by atoms with E-state index in [-0.39, 0.29) is 15.4 Å². The number of aromatic amines is 1. The number of likely N-dealkylation sites (tertiary alicyclic amines) is 1. The SMILES string of the molecule is CCC[C@H]1CCCN1Cc1c(Cl)cc(Cl)c(=O)n1CCc1ccc(-c2n[nH]c(=S)o2)cc1. The van der Waals surface area contributed by atoms with Crippen molar-refractivity contribution in [2.45, 2.75) is 58.2 Å². The summed E-state index contributed by atoms with van der Waals surface area (Å²) in [6, 6.07) is 9.98. The second-order valence-electron chi connectivity index (χ2n) is 8.16. The van der Waals surface area contributed by atoms with Crippen LogP contribution in [0.5, 0.6) is 0 Å². The number of benzene rings is 1. The molecule has 1 aromatic carbocycles. The van der Waals surface area contributed by atoms with Crippen molar-refractivity contribution in [1.29, 1.82) is 0 Å². The number of nitrogens with zero attached hydrogens (tertiary/aromatic N) is 3. The van der Waals surface area contributed by atoms with E-state index in [0.717, 1.165) is 36.2 Å². The average molecular weight is 493 g/mol. The molecule has 3 heterocycles. The molecule has 1 aliphatic rings. The molecule has 6 nitrogen and oxygen atoms in total. The summed E-state index contributed by atoms with van der Waals surface area (Å²) in [4.78, 5) is 15.6. The largest absolute Gasteiger partial charge is 0.409 e. The van der Waals surface area contributed by atoms with Crippen LogP contribution < -0.4 is 5.56 Å². The Hall–Kier alpha value is -1.93. The average Bonchev–Trinajstić information content (AvgIpc) is 3.41. The van der Waals surface area contributed by atoms with Crippen molar-refractivity contribution in [3.8, 4) is 11.5 Å². The molecule has 4 rings (SSSR count). The lowest BCUT2D eigenvalue weighted by atomic mass is 10.1. The fourth-order valence-electron chi connectivity index (χ4n) is 4.40. The van der Waals surface area contributed by atoms with E-state index in [2.05, 4.69) is 22.0 Å². The molecule has 1 N–H and O–H groups in total. The lowest BCUT2D eigenvalue weighted by Gasteiger charge is -2.26. The number of nitrogens with one attached hydrogen (secondary N) is 1. The first-order valence-electron chi connectivity index (χ1n) is 10.9. The first-order valence-corrected chi connectivity index (χ1v) is 12.1. The van der Waals surface area contributed by atoms with Gasteiger partial charge in [-0.1, -0.05) is 48.7 Å². The third-order valence-corrected chi connectivity index (χ3v) is 6.81. The zero-order valence-electron chi connectivity index (χ0n) is 17.9. The Morgan fingerprint density at radius 3 is 2.72 bits per heavy atom. The molecule has 9 heteroatoms. The van der Waals surface area contributed by atoms with Crippen LogP contribution in [0.3, 0.4) is 0 Å². The molecule has 0 amide bonds. The normalized spacial score (nSPS) is 16.7. The molecule has 1 saturated heterocycles. The molecule has 170 valence electrons. The Morgan fingerprint density at radius 1 is 1.25 bits per heavy atom. The number of aromatic nitrogens is 3. The van der Waals surface area contributed by atoms with E-state index in [4.69, 9.17) is 39.8 Å². The quantitative estimate of drug-likeness (QED) is 0.398. The van der Waals surface area contributed by atoms with E-state index in [0.29, 0.717) is 36.5 Å². The van der Waals surface area contributed by atoms with Gasteiger partial charge in [0.05, 0.1) is 10.7 Å². The van der Waals surface area contributed by atoms with Crippen LogP contribution in [0.25, 0.3) is 11.5 Å². The standard InChI is InChI=1S/C23H26Cl2N4O2S/c1-2-4-17-5-3-11-28(17)14-20-18(24)13-19(25)22(30)29(20)12-10-15-6-8-16(9-7-15)21-26-27-23(32)31-21/h6-9,13,17H,2-5,10-12,14H2,1H3,(H,27,32)/t17-/m0/s1. The van der Waals surface area contributed by atoms with E-state index in [1.54, 1.807) is 10.6 Å². The number of H-pyrrole nitrogens is 1. The zero-order valence-corrected chi connectivity index (χ0v) is 20.3. The van der Waals surface area contributed by atoms with Gasteiger partial charge in [-0.25, -0.2) is 5.10 Å². The highest BCUT2D eigenvalue weighted by atomic mass is 35.5. The van der Waals surface area contributed by atoms with Crippen LogP contribution in [0.4, 0.5) is 0 Å². The molecule has 0 aliphatic carbocycles. The number of hydrogen-bond acceptors (Lipinski definition) is 5. The summed E-state index contributed by atoms with van der Waals surface area (Å²) >= 11 is 17.7. The van der Waals surface area contributed by atoms with Gasteiger partial charge in [0.2, 0.25) is 5.89 Å². The molecule has 0 bridgehead atoms. The van der Waals surface area contributed by atoms with E-state index in [1.807, 2.05) is 24.3 Å². The lowest BCUT2D eigenvalue weighted by molar-refractivity contribution is 0.227. The van der Waals surface area contributed by atoms with Gasteiger partial charge in [0.15, 0.2) is 0 Å². The van der Waals surface area contributed by atoms with Crippen molar-refractivity contribution < 1.29 is 4.42 Å². The Bertz CT molecular complexity index is 1190. The van der Waals surface area contributed by atoms with Gasteiger partial charge in [0.1, 0.15) is 5.02 Å². The molecule has 0 unspecified atom stereocenters. The van der Waals surface area contributed by atoms with E-state index in [1.165, 1.54) is 12.8 Å². The monoisotopic (exact) mass is 492 g/mol. The number of pyridine rings is 1. The van der Waals surface area contributed by atoms with Crippen molar-refractivity contribution >= 4 is 35.4 Å². The number of hydrogen-bond donors (Lipinski definition) is 1. The minimum absolute atomic E-state index is 0.153. The molecule has 32 heavy (non-hydrogen) atoms. The zero-order chi connectivity index (χ0) is 22.7. The summed E-state index contributed by atoms with van der Waals surface area (Å²) in [6.45, 7) is 4.41. The molecular weight excluding hydrogens is 467 g/mol. The molecule has 1 atom stereocenters. The predicted octanol–water partition coefficient (Wildman–Crippen LogP) is 5.87. The van der Waals surface area contributed by atoms with Gasteiger partial charge in [0, 0.05) is 24.7 Å². The summed E-state index contributed by atoms with van der Waals surface area (Å²) < 4.78 is 7.10. The molecule has 3 aromatic rings. The third-order valence-electron chi connectivity index (χ3n) is 6.04. The first kappa shape index (κ1) is 23.2. The summed E-state index contributed by atoms with van der Waals surface area (Å²) in [6.07, 6.45) is 5.37. The van der Waals surface area contributed by atoms with Crippen LogP contribution in [0.2, 0.25) is 10.0 Å². The summed E-state index contributed by atoms with van der Waals surface area (Å²) in [5.74, 6) is 0.453. The molecule has 1 aliphatic heterocycles. The first-order chi connectivity index (χ1) is 15.5. The molecule has 0 spiro atoms. The highest BCUT2D eigenvalue weighted by Gasteiger charge is 2.26. The van der Waals surface area contributed by atoms with Gasteiger partial charge in [-0.2, -0.15) is 0 Å². The highest BCUT2D eigenvalue weighted by molar-refractivity contribution is 7.71. The Morgan fingerprint density at radius 2 is 2.03 bits per heavy atom. The van der Waals surface area contributed by atoms with E-state index < -0.39 is 0 Å². The van der Waals surface area contributed by atoms with Crippen LogP contribution in [0.1, 0.15) is 43.9 Å². The maximum absolute atomic E-state index is 12.9. The Labute approximate surface area is 202 Å². The second-order valence-corrected chi connectivity index (χ2v) is 9.35. The third kappa shape index (κ3) is 5.17. The molecule has 1 fully saturated rings. The molecule has 0 radical (unpaired) electrons. The van der Waals surface area contributed by atoms with Gasteiger partial charge in [0.25, 0.3) is 10.4 Å². The molecule has 2 aromatic heterocycles. The maximum atomic E-state index is 12.9. The molecular formula is C23H26Cl2N4O2S. The minimum atomic E-state index is -0.192. The number of aryl methyl sites for hydroxylation is 1. The summed E-state index contributed by atoms with van der Waals surface area (Å²) in [7, 11) is 0. The van der Waals surface area contributed by atoms with Crippen LogP contribution in [0, 0.1) is 4.84 Å². The van der Waals surface area contributed by atoms with Crippen molar-refractivity contribution in [1.82, 2.24) is 19.7 Å². The van der Waals surface area contributed by atoms with Gasteiger partial charge in [-0.15, -0.1) is 5.10 Å². The van der Waals surface area contributed by atoms with E-state index in [9.17, 15) is 4.79 Å². The van der Waals surface area contributed by atoms with Gasteiger partial charge in [-0.05, 0) is 68.2 Å². The second kappa shape index (κ2) is 10.3. The Kier molecular flexibility index (Phi) is 7.51. The van der Waals surface area contributed by atoms with Crippen LogP contribution in [-0.4, -0.2) is 32.3 Å². The van der Waals surface area contributed by atoms with Crippen molar-refractivity contribution in [3.05, 3.63) is 66.8 Å². The van der Waals surface area contributed by atoms with E-state index >= 15 is 0 Å². The predicted molar refractivity (Wildman–Crippen MR) is 130 cm³/mol.